The Morgan fingerprint density at radius 1 is 1.25 bits per heavy atom. The van der Waals surface area contributed by atoms with Gasteiger partial charge >= 0.3 is 0 Å². The Labute approximate surface area is 139 Å². The van der Waals surface area contributed by atoms with Gasteiger partial charge in [-0.3, -0.25) is 10.1 Å². The van der Waals surface area contributed by atoms with E-state index in [9.17, 15) is 4.79 Å². The van der Waals surface area contributed by atoms with E-state index in [1.54, 1.807) is 7.11 Å². The predicted molar refractivity (Wildman–Crippen MR) is 90.0 cm³/mol. The van der Waals surface area contributed by atoms with E-state index in [1.807, 2.05) is 42.5 Å². The van der Waals surface area contributed by atoms with Crippen LogP contribution in [0.4, 0.5) is 0 Å². The van der Waals surface area contributed by atoms with Crippen molar-refractivity contribution in [3.8, 4) is 22.6 Å². The van der Waals surface area contributed by atoms with Gasteiger partial charge in [-0.15, -0.1) is 0 Å². The maximum atomic E-state index is 12.5. The van der Waals surface area contributed by atoms with Crippen molar-refractivity contribution in [3.05, 3.63) is 48.0 Å². The van der Waals surface area contributed by atoms with E-state index >= 15 is 0 Å². The third-order valence-electron chi connectivity index (χ3n) is 4.48. The van der Waals surface area contributed by atoms with Crippen molar-refractivity contribution in [2.75, 3.05) is 13.7 Å². The van der Waals surface area contributed by atoms with Crippen LogP contribution in [0.25, 0.3) is 11.1 Å². The molecule has 2 aromatic carbocycles. The molecule has 24 heavy (non-hydrogen) atoms. The lowest BCUT2D eigenvalue weighted by molar-refractivity contribution is -0.125. The van der Waals surface area contributed by atoms with Gasteiger partial charge in [0, 0.05) is 12.0 Å². The largest absolute Gasteiger partial charge is 0.497 e. The van der Waals surface area contributed by atoms with Crippen molar-refractivity contribution in [2.45, 2.75) is 12.0 Å². The molecule has 0 radical (unpaired) electrons. The molecule has 2 heterocycles. The van der Waals surface area contributed by atoms with Crippen LogP contribution < -0.4 is 20.5 Å². The lowest BCUT2D eigenvalue weighted by Crippen LogP contribution is -2.41. The molecule has 1 spiro atoms. The standard InChI is InChI=1S/C18H17N3O3/c1-23-13-4-2-3-11(9-13)12-5-6-15-14(10-12)18(7-8-24-15)16(22)20-17(19)21-18/h2-6,9-10H,7-8H2,1H3,(H3,19,20,21,22). The number of hydrogen-bond acceptors (Lipinski definition) is 5. The Hall–Kier alpha value is -3.02. The molecule has 6 heteroatoms. The van der Waals surface area contributed by atoms with Crippen molar-refractivity contribution >= 4 is 11.9 Å². The summed E-state index contributed by atoms with van der Waals surface area (Å²) >= 11 is 0. The van der Waals surface area contributed by atoms with Crippen LogP contribution in [-0.2, 0) is 10.3 Å². The maximum Gasteiger partial charge on any atom is 0.259 e. The van der Waals surface area contributed by atoms with Gasteiger partial charge in [-0.05, 0) is 35.4 Å². The highest BCUT2D eigenvalue weighted by atomic mass is 16.5. The number of aliphatic imine (C=N–C) groups is 1. The van der Waals surface area contributed by atoms with Gasteiger partial charge in [0.15, 0.2) is 11.5 Å². The normalized spacial score (nSPS) is 21.7. The Bertz CT molecular complexity index is 862. The zero-order valence-corrected chi connectivity index (χ0v) is 13.2. The third kappa shape index (κ3) is 2.11. The minimum atomic E-state index is -0.994. The van der Waals surface area contributed by atoms with Gasteiger partial charge in [-0.25, -0.2) is 4.99 Å². The molecule has 0 saturated carbocycles. The van der Waals surface area contributed by atoms with E-state index in [0.717, 1.165) is 22.4 Å². The third-order valence-corrected chi connectivity index (χ3v) is 4.48. The Kier molecular flexibility index (Phi) is 3.19. The molecule has 0 fully saturated rings. The molecule has 0 aromatic heterocycles. The van der Waals surface area contributed by atoms with Crippen molar-refractivity contribution in [1.82, 2.24) is 5.32 Å². The van der Waals surface area contributed by atoms with Crippen LogP contribution in [0.15, 0.2) is 47.5 Å². The molecule has 0 saturated heterocycles. The topological polar surface area (TPSA) is 85.9 Å². The molecule has 0 aliphatic carbocycles. The highest BCUT2D eigenvalue weighted by Gasteiger charge is 2.48. The summed E-state index contributed by atoms with van der Waals surface area (Å²) in [4.78, 5) is 16.9. The highest BCUT2D eigenvalue weighted by Crippen LogP contribution is 2.43. The van der Waals surface area contributed by atoms with E-state index in [4.69, 9.17) is 15.2 Å². The monoisotopic (exact) mass is 323 g/mol. The fraction of sp³-hybridized carbons (Fsp3) is 0.222. The van der Waals surface area contributed by atoms with E-state index < -0.39 is 5.54 Å². The minimum Gasteiger partial charge on any atom is -0.497 e. The summed E-state index contributed by atoms with van der Waals surface area (Å²) in [7, 11) is 1.63. The molecule has 1 atom stereocenters. The number of benzene rings is 2. The van der Waals surface area contributed by atoms with Crippen LogP contribution in [0.1, 0.15) is 12.0 Å². The molecular formula is C18H17N3O3. The van der Waals surface area contributed by atoms with Crippen LogP contribution in [-0.4, -0.2) is 25.6 Å². The minimum absolute atomic E-state index is 0.152. The number of ether oxygens (including phenoxy) is 2. The summed E-state index contributed by atoms with van der Waals surface area (Å²) in [6, 6.07) is 13.6. The SMILES string of the molecule is COc1cccc(-c2ccc3c(c2)C2(CCO3)N=C(N)NC2=O)c1. The van der Waals surface area contributed by atoms with E-state index in [2.05, 4.69) is 10.3 Å². The maximum absolute atomic E-state index is 12.5. The number of methoxy groups -OCH3 is 1. The van der Waals surface area contributed by atoms with E-state index in [0.29, 0.717) is 18.8 Å². The molecule has 2 aliphatic rings. The van der Waals surface area contributed by atoms with Gasteiger partial charge in [0.2, 0.25) is 0 Å². The number of carbonyl (C=O) groups excluding carboxylic acids is 1. The molecule has 4 rings (SSSR count). The van der Waals surface area contributed by atoms with Crippen LogP contribution in [0.2, 0.25) is 0 Å². The van der Waals surface area contributed by atoms with Crippen molar-refractivity contribution in [3.63, 3.8) is 0 Å². The summed E-state index contributed by atoms with van der Waals surface area (Å²) < 4.78 is 11.0. The van der Waals surface area contributed by atoms with Gasteiger partial charge in [0.25, 0.3) is 5.91 Å². The first-order valence-electron chi connectivity index (χ1n) is 7.71. The first-order chi connectivity index (χ1) is 11.6. The van der Waals surface area contributed by atoms with Crippen LogP contribution in [0, 0.1) is 0 Å². The Balaban J connectivity index is 1.86. The number of amides is 1. The Morgan fingerprint density at radius 2 is 2.08 bits per heavy atom. The second kappa shape index (κ2) is 5.26. The number of nitrogens with zero attached hydrogens (tertiary/aromatic N) is 1. The summed E-state index contributed by atoms with van der Waals surface area (Å²) in [6.45, 7) is 0.426. The van der Waals surface area contributed by atoms with Gasteiger partial charge in [-0.1, -0.05) is 18.2 Å². The summed E-state index contributed by atoms with van der Waals surface area (Å²) in [5, 5.41) is 2.61. The summed E-state index contributed by atoms with van der Waals surface area (Å²) in [6.07, 6.45) is 0.466. The van der Waals surface area contributed by atoms with Gasteiger partial charge < -0.3 is 15.2 Å². The fourth-order valence-corrected chi connectivity index (χ4v) is 3.26. The Morgan fingerprint density at radius 3 is 2.83 bits per heavy atom. The summed E-state index contributed by atoms with van der Waals surface area (Å²) in [5.74, 6) is 1.39. The average Bonchev–Trinajstić information content (AvgIpc) is 2.89. The summed E-state index contributed by atoms with van der Waals surface area (Å²) in [5.41, 5.74) is 7.44. The molecule has 1 amide bonds. The predicted octanol–water partition coefficient (Wildman–Crippen LogP) is 1.78. The number of nitrogens with one attached hydrogen (secondary N) is 1. The molecule has 6 nitrogen and oxygen atoms in total. The van der Waals surface area contributed by atoms with E-state index in [1.165, 1.54) is 0 Å². The smallest absolute Gasteiger partial charge is 0.259 e. The number of fused-ring (bicyclic) bond motifs is 2. The first-order valence-corrected chi connectivity index (χ1v) is 7.71. The van der Waals surface area contributed by atoms with Crippen LogP contribution in [0.3, 0.4) is 0 Å². The first kappa shape index (κ1) is 14.6. The second-order valence-electron chi connectivity index (χ2n) is 5.85. The van der Waals surface area contributed by atoms with Gasteiger partial charge in [0.1, 0.15) is 11.5 Å². The van der Waals surface area contributed by atoms with Crippen molar-refractivity contribution < 1.29 is 14.3 Å². The molecule has 2 aliphatic heterocycles. The lowest BCUT2D eigenvalue weighted by Gasteiger charge is -2.31. The van der Waals surface area contributed by atoms with Crippen LogP contribution in [0.5, 0.6) is 11.5 Å². The second-order valence-corrected chi connectivity index (χ2v) is 5.85. The molecule has 2 aromatic rings. The van der Waals surface area contributed by atoms with E-state index in [-0.39, 0.29) is 11.9 Å². The van der Waals surface area contributed by atoms with Crippen molar-refractivity contribution in [1.29, 1.82) is 0 Å². The zero-order valence-electron chi connectivity index (χ0n) is 13.2. The fourth-order valence-electron chi connectivity index (χ4n) is 3.26. The molecule has 122 valence electrons. The van der Waals surface area contributed by atoms with Gasteiger partial charge in [-0.2, -0.15) is 0 Å². The van der Waals surface area contributed by atoms with Crippen LogP contribution >= 0.6 is 0 Å². The zero-order chi connectivity index (χ0) is 16.7. The number of hydrogen-bond donors (Lipinski definition) is 2. The average molecular weight is 323 g/mol. The lowest BCUT2D eigenvalue weighted by atomic mass is 9.83. The number of carbonyl (C=O) groups is 1. The molecule has 1 unspecified atom stereocenters. The van der Waals surface area contributed by atoms with Gasteiger partial charge in [0.05, 0.1) is 13.7 Å². The highest BCUT2D eigenvalue weighted by molar-refractivity contribution is 6.07. The number of rotatable bonds is 2. The molecular weight excluding hydrogens is 306 g/mol. The quantitative estimate of drug-likeness (QED) is 0.882. The molecule has 0 bridgehead atoms. The number of guanidine groups is 1. The van der Waals surface area contributed by atoms with Crippen molar-refractivity contribution in [2.24, 2.45) is 10.7 Å². The molecule has 3 N–H and O–H groups in total. The number of nitrogens with two attached hydrogens (primary N) is 1.